The Morgan fingerprint density at radius 1 is 0.853 bits per heavy atom. The Kier molecular flexibility index (Phi) is 11.2. The maximum absolute atomic E-state index is 12.2. The van der Waals surface area contributed by atoms with E-state index in [1.54, 1.807) is 45.0 Å². The van der Waals surface area contributed by atoms with E-state index in [9.17, 15) is 9.59 Å². The van der Waals surface area contributed by atoms with Crippen molar-refractivity contribution in [3.05, 3.63) is 40.4 Å². The van der Waals surface area contributed by atoms with Gasteiger partial charge in [0.1, 0.15) is 5.60 Å². The molecule has 11 nitrogen and oxygen atoms in total. The fraction of sp³-hybridized carbons (Fsp3) is 0.476. The summed E-state index contributed by atoms with van der Waals surface area (Å²) in [5.74, 6) is -0.0338. The minimum absolute atomic E-state index is 0.0255. The van der Waals surface area contributed by atoms with Crippen LogP contribution >= 0.6 is 23.2 Å². The van der Waals surface area contributed by atoms with E-state index in [1.165, 1.54) is 0 Å². The largest absolute Gasteiger partial charge is 0.444 e. The molecular weight excluding hydrogens is 487 g/mol. The molecule has 2 amide bonds. The van der Waals surface area contributed by atoms with E-state index in [2.05, 4.69) is 30.9 Å². The number of rotatable bonds is 12. The van der Waals surface area contributed by atoms with Gasteiger partial charge in [0.2, 0.25) is 16.5 Å². The fourth-order valence-electron chi connectivity index (χ4n) is 2.42. The molecule has 0 aliphatic carbocycles. The van der Waals surface area contributed by atoms with Crippen LogP contribution in [0.15, 0.2) is 24.3 Å². The average molecular weight is 515 g/mol. The molecule has 3 N–H and O–H groups in total. The number of hydrogen-bond acceptors (Lipinski definition) is 9. The van der Waals surface area contributed by atoms with Crippen LogP contribution in [0.25, 0.3) is 0 Å². The number of hydrogen-bond donors (Lipinski definition) is 3. The number of carbonyl (C=O) groups is 2. The summed E-state index contributed by atoms with van der Waals surface area (Å²) < 4.78 is 15.9. The van der Waals surface area contributed by atoms with Crippen LogP contribution in [-0.4, -0.2) is 72.1 Å². The highest BCUT2D eigenvalue weighted by Gasteiger charge is 2.15. The number of nitrogens with zero attached hydrogens (tertiary/aromatic N) is 3. The van der Waals surface area contributed by atoms with Crippen LogP contribution in [0, 0.1) is 0 Å². The van der Waals surface area contributed by atoms with Crippen molar-refractivity contribution in [1.82, 2.24) is 25.6 Å². The molecule has 34 heavy (non-hydrogen) atoms. The van der Waals surface area contributed by atoms with Crippen LogP contribution in [0.2, 0.25) is 10.6 Å². The zero-order chi connectivity index (χ0) is 25.0. The summed E-state index contributed by atoms with van der Waals surface area (Å²) in [7, 11) is 0. The second-order valence-electron chi connectivity index (χ2n) is 7.81. The van der Waals surface area contributed by atoms with Crippen molar-refractivity contribution < 1.29 is 23.8 Å². The van der Waals surface area contributed by atoms with E-state index in [4.69, 9.17) is 37.4 Å². The van der Waals surface area contributed by atoms with E-state index in [1.807, 2.05) is 0 Å². The average Bonchev–Trinajstić information content (AvgIpc) is 2.73. The van der Waals surface area contributed by atoms with Crippen molar-refractivity contribution in [1.29, 1.82) is 0 Å². The van der Waals surface area contributed by atoms with Gasteiger partial charge in [-0.15, -0.1) is 0 Å². The van der Waals surface area contributed by atoms with E-state index in [-0.39, 0.29) is 22.4 Å². The lowest BCUT2D eigenvalue weighted by molar-refractivity contribution is 0.0400. The molecule has 0 bridgehead atoms. The monoisotopic (exact) mass is 514 g/mol. The predicted molar refractivity (Wildman–Crippen MR) is 128 cm³/mol. The highest BCUT2D eigenvalue weighted by Crippen LogP contribution is 2.16. The van der Waals surface area contributed by atoms with Crippen LogP contribution < -0.4 is 16.0 Å². The molecule has 186 valence electrons. The van der Waals surface area contributed by atoms with Crippen LogP contribution in [-0.2, 0) is 14.2 Å². The SMILES string of the molecule is CC(C)(C)OC(=O)NCCOCCOCCNC(=O)c1ccc(Nc2nc(Cl)nc(Cl)n2)cc1. The molecule has 0 fully saturated rings. The summed E-state index contributed by atoms with van der Waals surface area (Å²) in [6.07, 6.45) is -0.480. The van der Waals surface area contributed by atoms with Gasteiger partial charge in [0.15, 0.2) is 0 Å². The number of nitrogens with one attached hydrogen (secondary N) is 3. The molecule has 0 unspecified atom stereocenters. The predicted octanol–water partition coefficient (Wildman–Crippen LogP) is 3.21. The zero-order valence-corrected chi connectivity index (χ0v) is 20.7. The summed E-state index contributed by atoms with van der Waals surface area (Å²) in [6.45, 7) is 7.51. The lowest BCUT2D eigenvalue weighted by Gasteiger charge is -2.19. The molecule has 0 atom stereocenters. The molecule has 1 aromatic carbocycles. The molecule has 1 heterocycles. The molecular formula is C21H28Cl2N6O5. The fourth-order valence-corrected chi connectivity index (χ4v) is 2.78. The van der Waals surface area contributed by atoms with Gasteiger partial charge in [-0.1, -0.05) is 0 Å². The van der Waals surface area contributed by atoms with E-state index in [0.717, 1.165) is 0 Å². The Hall–Kier alpha value is -2.73. The van der Waals surface area contributed by atoms with Gasteiger partial charge in [0.25, 0.3) is 5.91 Å². The van der Waals surface area contributed by atoms with E-state index >= 15 is 0 Å². The van der Waals surface area contributed by atoms with Gasteiger partial charge in [0, 0.05) is 24.3 Å². The highest BCUT2D eigenvalue weighted by atomic mass is 35.5. The molecule has 1 aromatic heterocycles. The van der Waals surface area contributed by atoms with Crippen LogP contribution in [0.1, 0.15) is 31.1 Å². The molecule has 0 saturated heterocycles. The third-order valence-electron chi connectivity index (χ3n) is 3.80. The second-order valence-corrected chi connectivity index (χ2v) is 8.48. The topological polar surface area (TPSA) is 137 Å². The summed E-state index contributed by atoms with van der Waals surface area (Å²) in [4.78, 5) is 35.2. The van der Waals surface area contributed by atoms with Gasteiger partial charge in [-0.25, -0.2) is 4.79 Å². The van der Waals surface area contributed by atoms with Crippen LogP contribution in [0.3, 0.4) is 0 Å². The van der Waals surface area contributed by atoms with Crippen molar-refractivity contribution in [2.45, 2.75) is 26.4 Å². The molecule has 0 aliphatic rings. The standard InChI is InChI=1S/C21H28Cl2N6O5/c1-21(2,3)34-20(31)25-9-11-33-13-12-32-10-8-24-16(30)14-4-6-15(7-5-14)26-19-28-17(22)27-18(23)29-19/h4-7H,8-13H2,1-3H3,(H,24,30)(H,25,31)(H,26,27,28,29). The van der Waals surface area contributed by atoms with Crippen molar-refractivity contribution in [3.8, 4) is 0 Å². The highest BCUT2D eigenvalue weighted by molar-refractivity contribution is 6.31. The number of aromatic nitrogens is 3. The Labute approximate surface area is 207 Å². The normalized spacial score (nSPS) is 11.1. The molecule has 0 aliphatic heterocycles. The molecule has 2 aromatic rings. The first-order valence-electron chi connectivity index (χ1n) is 10.5. The summed E-state index contributed by atoms with van der Waals surface area (Å²) in [6, 6.07) is 6.71. The minimum Gasteiger partial charge on any atom is -0.444 e. The first-order chi connectivity index (χ1) is 16.1. The van der Waals surface area contributed by atoms with Crippen molar-refractivity contribution in [3.63, 3.8) is 0 Å². The Bertz CT molecular complexity index is 920. The number of ether oxygens (including phenoxy) is 3. The van der Waals surface area contributed by atoms with E-state index < -0.39 is 11.7 Å². The first kappa shape index (κ1) is 27.5. The maximum atomic E-state index is 12.2. The quantitative estimate of drug-likeness (QED) is 0.364. The van der Waals surface area contributed by atoms with Gasteiger partial charge < -0.3 is 30.2 Å². The van der Waals surface area contributed by atoms with Gasteiger partial charge in [-0.2, -0.15) is 15.0 Å². The number of benzene rings is 1. The Morgan fingerprint density at radius 3 is 1.97 bits per heavy atom. The zero-order valence-electron chi connectivity index (χ0n) is 19.2. The molecule has 0 spiro atoms. The third-order valence-corrected chi connectivity index (χ3v) is 4.14. The van der Waals surface area contributed by atoms with Crippen molar-refractivity contribution >= 4 is 46.8 Å². The molecule has 2 rings (SSSR count). The molecule has 13 heteroatoms. The van der Waals surface area contributed by atoms with E-state index in [0.29, 0.717) is 50.8 Å². The Balaban J connectivity index is 1.54. The number of carbonyl (C=O) groups excluding carboxylic acids is 2. The number of halogens is 2. The molecule has 0 saturated carbocycles. The molecule has 0 radical (unpaired) electrons. The third kappa shape index (κ3) is 11.4. The summed E-state index contributed by atoms with van der Waals surface area (Å²) in [5, 5.41) is 8.25. The first-order valence-corrected chi connectivity index (χ1v) is 11.2. The van der Waals surface area contributed by atoms with Gasteiger partial charge in [-0.05, 0) is 68.2 Å². The number of alkyl carbamates (subject to hydrolysis) is 1. The Morgan fingerprint density at radius 2 is 1.41 bits per heavy atom. The van der Waals surface area contributed by atoms with Crippen molar-refractivity contribution in [2.75, 3.05) is 44.8 Å². The second kappa shape index (κ2) is 13.9. The van der Waals surface area contributed by atoms with Crippen LogP contribution in [0.4, 0.5) is 16.4 Å². The van der Waals surface area contributed by atoms with Gasteiger partial charge >= 0.3 is 6.09 Å². The lowest BCUT2D eigenvalue weighted by atomic mass is 10.2. The van der Waals surface area contributed by atoms with Gasteiger partial charge in [0.05, 0.1) is 26.4 Å². The lowest BCUT2D eigenvalue weighted by Crippen LogP contribution is -2.34. The van der Waals surface area contributed by atoms with Crippen LogP contribution in [0.5, 0.6) is 0 Å². The summed E-state index contributed by atoms with van der Waals surface area (Å²) >= 11 is 11.5. The number of anilines is 2. The van der Waals surface area contributed by atoms with Crippen molar-refractivity contribution in [2.24, 2.45) is 0 Å². The van der Waals surface area contributed by atoms with Gasteiger partial charge in [-0.3, -0.25) is 4.79 Å². The minimum atomic E-state index is -0.533. The smallest absolute Gasteiger partial charge is 0.407 e. The summed E-state index contributed by atoms with van der Waals surface area (Å²) in [5.41, 5.74) is 0.604. The number of amides is 2. The maximum Gasteiger partial charge on any atom is 0.407 e.